The smallest absolute Gasteiger partial charge is 0.247 e. The van der Waals surface area contributed by atoms with E-state index in [1.807, 2.05) is 30.3 Å². The highest BCUT2D eigenvalue weighted by atomic mass is 35.5. The Labute approximate surface area is 139 Å². The summed E-state index contributed by atoms with van der Waals surface area (Å²) >= 11 is 12.2. The maximum Gasteiger partial charge on any atom is 0.247 e. The van der Waals surface area contributed by atoms with Gasteiger partial charge < -0.3 is 10.6 Å². The molecule has 5 heteroatoms. The monoisotopic (exact) mass is 334 g/mol. The number of nitrogens with zero attached hydrogens (tertiary/aromatic N) is 1. The third-order valence-electron chi connectivity index (χ3n) is 4.04. The maximum atomic E-state index is 12.2. The third-order valence-corrected chi connectivity index (χ3v) is 4.61. The van der Waals surface area contributed by atoms with E-state index in [9.17, 15) is 4.79 Å². The standard InChI is InChI=1S/C17H16Cl2N2O/c1-2-10-3-6-12(7-4-10)21-16(15(20)17(21)22)13-8-5-11(18)9-14(13)19/h3-9,15-16H,2,20H2,1H3/t15-,16+/m1/s1. The molecule has 1 aliphatic heterocycles. The quantitative estimate of drug-likeness (QED) is 0.863. The van der Waals surface area contributed by atoms with Gasteiger partial charge in [-0.15, -0.1) is 0 Å². The van der Waals surface area contributed by atoms with Crippen molar-refractivity contribution in [1.29, 1.82) is 0 Å². The van der Waals surface area contributed by atoms with Gasteiger partial charge in [0, 0.05) is 15.7 Å². The van der Waals surface area contributed by atoms with Crippen LogP contribution in [0.4, 0.5) is 5.69 Å². The summed E-state index contributed by atoms with van der Waals surface area (Å²) in [6.45, 7) is 2.09. The van der Waals surface area contributed by atoms with Gasteiger partial charge in [-0.3, -0.25) is 4.79 Å². The maximum absolute atomic E-state index is 12.2. The van der Waals surface area contributed by atoms with E-state index in [2.05, 4.69) is 6.92 Å². The number of hydrogen-bond acceptors (Lipinski definition) is 2. The van der Waals surface area contributed by atoms with Gasteiger partial charge in [-0.2, -0.15) is 0 Å². The molecule has 3 rings (SSSR count). The highest BCUT2D eigenvalue weighted by Gasteiger charge is 2.47. The minimum Gasteiger partial charge on any atom is -0.318 e. The molecular formula is C17H16Cl2N2O. The molecule has 0 saturated carbocycles. The van der Waals surface area contributed by atoms with Crippen molar-refractivity contribution in [2.45, 2.75) is 25.4 Å². The Morgan fingerprint density at radius 1 is 1.14 bits per heavy atom. The van der Waals surface area contributed by atoms with E-state index in [0.717, 1.165) is 17.7 Å². The van der Waals surface area contributed by atoms with Crippen molar-refractivity contribution in [3.8, 4) is 0 Å². The molecule has 2 aromatic carbocycles. The Hall–Kier alpha value is -1.55. The third kappa shape index (κ3) is 2.50. The molecule has 22 heavy (non-hydrogen) atoms. The van der Waals surface area contributed by atoms with Gasteiger partial charge in [0.1, 0.15) is 6.04 Å². The van der Waals surface area contributed by atoms with Crippen LogP contribution < -0.4 is 10.6 Å². The lowest BCUT2D eigenvalue weighted by molar-refractivity contribution is -0.126. The average molecular weight is 335 g/mol. The normalized spacial score (nSPS) is 20.9. The molecule has 3 nitrogen and oxygen atoms in total. The zero-order valence-corrected chi connectivity index (χ0v) is 13.6. The number of carbonyl (C=O) groups excluding carboxylic acids is 1. The Kier molecular flexibility index (Phi) is 4.13. The van der Waals surface area contributed by atoms with Crippen molar-refractivity contribution in [3.05, 3.63) is 63.6 Å². The second-order valence-corrected chi connectivity index (χ2v) is 6.21. The largest absolute Gasteiger partial charge is 0.318 e. The van der Waals surface area contributed by atoms with Crippen LogP contribution in [0.1, 0.15) is 24.1 Å². The zero-order valence-electron chi connectivity index (χ0n) is 12.1. The number of amides is 1. The van der Waals surface area contributed by atoms with E-state index in [4.69, 9.17) is 28.9 Å². The summed E-state index contributed by atoms with van der Waals surface area (Å²) in [5, 5.41) is 1.09. The van der Waals surface area contributed by atoms with Gasteiger partial charge in [-0.25, -0.2) is 0 Å². The van der Waals surface area contributed by atoms with E-state index >= 15 is 0 Å². The molecule has 1 heterocycles. The van der Waals surface area contributed by atoms with Gasteiger partial charge >= 0.3 is 0 Å². The number of nitrogens with two attached hydrogens (primary N) is 1. The second-order valence-electron chi connectivity index (χ2n) is 5.36. The van der Waals surface area contributed by atoms with Gasteiger partial charge in [-0.05, 0) is 41.8 Å². The molecule has 1 saturated heterocycles. The average Bonchev–Trinajstić information content (AvgIpc) is 2.53. The summed E-state index contributed by atoms with van der Waals surface area (Å²) in [6, 6.07) is 12.4. The second kappa shape index (κ2) is 5.92. The molecule has 2 atom stereocenters. The van der Waals surface area contributed by atoms with Crippen LogP contribution in [0.2, 0.25) is 10.0 Å². The first kappa shape index (κ1) is 15.3. The van der Waals surface area contributed by atoms with Crippen LogP contribution in [0, 0.1) is 0 Å². The lowest BCUT2D eigenvalue weighted by Crippen LogP contribution is -2.63. The molecule has 0 unspecified atom stereocenters. The molecule has 2 N–H and O–H groups in total. The van der Waals surface area contributed by atoms with E-state index < -0.39 is 6.04 Å². The number of aryl methyl sites for hydroxylation is 1. The summed E-state index contributed by atoms with van der Waals surface area (Å²) in [6.07, 6.45) is 0.959. The van der Waals surface area contributed by atoms with Gasteiger partial charge in [0.25, 0.3) is 0 Å². The SMILES string of the molecule is CCc1ccc(N2C(=O)[C@H](N)[C@@H]2c2ccc(Cl)cc2Cl)cc1. The molecule has 1 amide bonds. The fourth-order valence-electron chi connectivity index (χ4n) is 2.77. The van der Waals surface area contributed by atoms with Crippen LogP contribution in [-0.4, -0.2) is 11.9 Å². The van der Waals surface area contributed by atoms with E-state index in [-0.39, 0.29) is 11.9 Å². The first-order valence-corrected chi connectivity index (χ1v) is 7.91. The van der Waals surface area contributed by atoms with Crippen LogP contribution in [-0.2, 0) is 11.2 Å². The van der Waals surface area contributed by atoms with Gasteiger partial charge in [0.05, 0.1) is 6.04 Å². The van der Waals surface area contributed by atoms with E-state index in [1.165, 1.54) is 5.56 Å². The number of halogens is 2. The number of anilines is 1. The number of β-lactam (4-membered cyclic amide) rings is 1. The van der Waals surface area contributed by atoms with Crippen LogP contribution in [0.5, 0.6) is 0 Å². The molecule has 2 aromatic rings. The topological polar surface area (TPSA) is 46.3 Å². The van der Waals surface area contributed by atoms with Gasteiger partial charge in [0.15, 0.2) is 0 Å². The molecule has 0 aromatic heterocycles. The fourth-order valence-corrected chi connectivity index (χ4v) is 3.29. The molecule has 0 aliphatic carbocycles. The first-order valence-electron chi connectivity index (χ1n) is 7.15. The Morgan fingerprint density at radius 2 is 1.82 bits per heavy atom. The summed E-state index contributed by atoms with van der Waals surface area (Å²) in [5.41, 5.74) is 8.88. The van der Waals surface area contributed by atoms with Crippen molar-refractivity contribution >= 4 is 34.8 Å². The van der Waals surface area contributed by atoms with Crippen molar-refractivity contribution in [2.75, 3.05) is 4.90 Å². The van der Waals surface area contributed by atoms with E-state index in [0.29, 0.717) is 10.0 Å². The van der Waals surface area contributed by atoms with Crippen LogP contribution in [0.25, 0.3) is 0 Å². The van der Waals surface area contributed by atoms with E-state index in [1.54, 1.807) is 17.0 Å². The molecule has 0 spiro atoms. The first-order chi connectivity index (χ1) is 10.5. The number of carbonyl (C=O) groups is 1. The van der Waals surface area contributed by atoms with Crippen molar-refractivity contribution in [2.24, 2.45) is 5.73 Å². The number of rotatable bonds is 3. The number of hydrogen-bond donors (Lipinski definition) is 1. The summed E-state index contributed by atoms with van der Waals surface area (Å²) < 4.78 is 0. The minimum absolute atomic E-state index is 0.0970. The molecule has 1 aliphatic rings. The predicted molar refractivity (Wildman–Crippen MR) is 90.5 cm³/mol. The van der Waals surface area contributed by atoms with Crippen molar-refractivity contribution in [1.82, 2.24) is 0 Å². The molecule has 0 bridgehead atoms. The van der Waals surface area contributed by atoms with Gasteiger partial charge in [0.2, 0.25) is 5.91 Å². The summed E-state index contributed by atoms with van der Waals surface area (Å²) in [7, 11) is 0. The Bertz CT molecular complexity index is 715. The molecule has 0 radical (unpaired) electrons. The highest BCUT2D eigenvalue weighted by molar-refractivity contribution is 6.35. The van der Waals surface area contributed by atoms with Gasteiger partial charge in [-0.1, -0.05) is 48.3 Å². The Morgan fingerprint density at radius 3 is 2.41 bits per heavy atom. The fraction of sp³-hybridized carbons (Fsp3) is 0.235. The van der Waals surface area contributed by atoms with Crippen LogP contribution in [0.3, 0.4) is 0 Å². The molecule has 114 valence electrons. The van der Waals surface area contributed by atoms with Crippen LogP contribution in [0.15, 0.2) is 42.5 Å². The number of benzene rings is 2. The minimum atomic E-state index is -0.579. The lowest BCUT2D eigenvalue weighted by Gasteiger charge is -2.46. The van der Waals surface area contributed by atoms with Crippen molar-refractivity contribution < 1.29 is 4.79 Å². The Balaban J connectivity index is 1.97. The summed E-state index contributed by atoms with van der Waals surface area (Å²) in [5.74, 6) is -0.0970. The van der Waals surface area contributed by atoms with Crippen molar-refractivity contribution in [3.63, 3.8) is 0 Å². The predicted octanol–water partition coefficient (Wildman–Crippen LogP) is 3.97. The zero-order chi connectivity index (χ0) is 15.9. The molecular weight excluding hydrogens is 319 g/mol. The lowest BCUT2D eigenvalue weighted by atomic mass is 9.88. The highest BCUT2D eigenvalue weighted by Crippen LogP contribution is 2.41. The summed E-state index contributed by atoms with van der Waals surface area (Å²) in [4.78, 5) is 13.9. The van der Waals surface area contributed by atoms with Crippen LogP contribution >= 0.6 is 23.2 Å². The molecule has 1 fully saturated rings.